The highest BCUT2D eigenvalue weighted by Crippen LogP contribution is 2.48. The van der Waals surface area contributed by atoms with Crippen LogP contribution in [0.1, 0.15) is 32.1 Å². The van der Waals surface area contributed by atoms with Gasteiger partial charge in [0.15, 0.2) is 5.75 Å². The predicted octanol–water partition coefficient (Wildman–Crippen LogP) is 6.25. The molecule has 1 N–H and O–H groups in total. The van der Waals surface area contributed by atoms with E-state index in [2.05, 4.69) is 5.32 Å². The highest BCUT2D eigenvalue weighted by molar-refractivity contribution is 6.55. The number of benzene rings is 1. The molecule has 0 heterocycles. The Morgan fingerprint density at radius 1 is 0.810 bits per heavy atom. The van der Waals surface area contributed by atoms with Crippen molar-refractivity contribution in [2.75, 3.05) is 13.2 Å². The second-order valence-electron chi connectivity index (χ2n) is 5.04. The zero-order valence-electron chi connectivity index (χ0n) is 11.3. The molecule has 0 radical (unpaired) electrons. The molecule has 0 bridgehead atoms. The predicted molar refractivity (Wildman–Crippen MR) is 91.9 cm³/mol. The van der Waals surface area contributed by atoms with E-state index in [1.54, 1.807) is 0 Å². The largest absolute Gasteiger partial charge is 0.489 e. The van der Waals surface area contributed by atoms with E-state index in [1.807, 2.05) is 0 Å². The summed E-state index contributed by atoms with van der Waals surface area (Å²) in [6.07, 6.45) is 6.36. The van der Waals surface area contributed by atoms with Gasteiger partial charge in [0.05, 0.1) is 15.1 Å². The van der Waals surface area contributed by atoms with Crippen molar-refractivity contribution in [3.05, 3.63) is 25.1 Å². The van der Waals surface area contributed by atoms with Crippen molar-refractivity contribution in [1.82, 2.24) is 5.32 Å². The third-order valence-electron chi connectivity index (χ3n) is 3.56. The summed E-state index contributed by atoms with van der Waals surface area (Å²) in [6, 6.07) is 0.575. The lowest BCUT2D eigenvalue weighted by molar-refractivity contribution is 0.289. The van der Waals surface area contributed by atoms with Crippen LogP contribution in [0.3, 0.4) is 0 Å². The zero-order valence-corrected chi connectivity index (χ0v) is 15.1. The summed E-state index contributed by atoms with van der Waals surface area (Å²) in [6.45, 7) is 1.15. The molecule has 7 heteroatoms. The second kappa shape index (κ2) is 8.33. The molecule has 1 aliphatic carbocycles. The maximum atomic E-state index is 6.10. The average molecular weight is 392 g/mol. The number of hydrogen-bond donors (Lipinski definition) is 1. The van der Waals surface area contributed by atoms with Gasteiger partial charge in [0.2, 0.25) is 0 Å². The first-order valence-electron chi connectivity index (χ1n) is 6.90. The van der Waals surface area contributed by atoms with Crippen LogP contribution in [0.2, 0.25) is 25.1 Å². The Hall–Kier alpha value is 0.430. The lowest BCUT2D eigenvalue weighted by Gasteiger charge is -2.23. The Morgan fingerprint density at radius 2 is 1.33 bits per heavy atom. The first kappa shape index (κ1) is 17.8. The Morgan fingerprint density at radius 3 is 1.90 bits per heavy atom. The summed E-state index contributed by atoms with van der Waals surface area (Å²) in [4.78, 5) is 0. The molecule has 1 aromatic carbocycles. The monoisotopic (exact) mass is 389 g/mol. The van der Waals surface area contributed by atoms with Crippen molar-refractivity contribution in [2.45, 2.75) is 38.1 Å². The molecule has 2 nitrogen and oxygen atoms in total. The molecule has 0 aromatic heterocycles. The van der Waals surface area contributed by atoms with Crippen LogP contribution in [-0.4, -0.2) is 19.2 Å². The van der Waals surface area contributed by atoms with Crippen LogP contribution >= 0.6 is 58.0 Å². The van der Waals surface area contributed by atoms with Gasteiger partial charge in [-0.25, -0.2) is 0 Å². The molecule has 0 spiro atoms. The number of rotatable bonds is 5. The number of nitrogens with one attached hydrogen (secondary N) is 1. The summed E-state index contributed by atoms with van der Waals surface area (Å²) in [5.41, 5.74) is 0. The Bertz CT molecular complexity index is 474. The van der Waals surface area contributed by atoms with Crippen LogP contribution in [0.4, 0.5) is 0 Å². The third-order valence-corrected chi connectivity index (χ3v) is 5.80. The molecule has 0 aliphatic heterocycles. The van der Waals surface area contributed by atoms with Gasteiger partial charge >= 0.3 is 0 Å². The summed E-state index contributed by atoms with van der Waals surface area (Å²) >= 11 is 30.1. The molecular formula is C14H16Cl5NO. The van der Waals surface area contributed by atoms with E-state index in [-0.39, 0.29) is 30.9 Å². The summed E-state index contributed by atoms with van der Waals surface area (Å²) < 4.78 is 5.62. The van der Waals surface area contributed by atoms with Crippen LogP contribution in [-0.2, 0) is 0 Å². The third kappa shape index (κ3) is 4.46. The van der Waals surface area contributed by atoms with Gasteiger partial charge in [-0.1, -0.05) is 77.3 Å². The Balaban J connectivity index is 1.91. The lowest BCUT2D eigenvalue weighted by atomic mass is 9.96. The minimum Gasteiger partial charge on any atom is -0.489 e. The molecule has 0 saturated heterocycles. The van der Waals surface area contributed by atoms with Crippen LogP contribution in [0, 0.1) is 0 Å². The fourth-order valence-electron chi connectivity index (χ4n) is 2.43. The molecule has 0 atom stereocenters. The fraction of sp³-hybridized carbons (Fsp3) is 0.571. The van der Waals surface area contributed by atoms with E-state index in [4.69, 9.17) is 62.7 Å². The fourth-order valence-corrected chi connectivity index (χ4v) is 3.66. The lowest BCUT2D eigenvalue weighted by Crippen LogP contribution is -2.34. The van der Waals surface area contributed by atoms with Crippen molar-refractivity contribution in [3.63, 3.8) is 0 Å². The van der Waals surface area contributed by atoms with Crippen LogP contribution < -0.4 is 10.1 Å². The standard InChI is InChI=1S/C14H16Cl5NO/c15-9-10(16)12(18)14(13(19)11(9)17)21-7-6-20-8-4-2-1-3-5-8/h8,20H,1-7H2. The SMILES string of the molecule is Clc1c(Cl)c(Cl)c(OCCNC2CCCCC2)c(Cl)c1Cl. The molecule has 1 saturated carbocycles. The average Bonchev–Trinajstić information content (AvgIpc) is 2.51. The molecule has 0 amide bonds. The van der Waals surface area contributed by atoms with E-state index >= 15 is 0 Å². The Kier molecular flexibility index (Phi) is 7.05. The van der Waals surface area contributed by atoms with Gasteiger partial charge in [-0.3, -0.25) is 0 Å². The van der Waals surface area contributed by atoms with E-state index < -0.39 is 0 Å². The summed E-state index contributed by atoms with van der Waals surface area (Å²) in [5.74, 6) is 0.281. The highest BCUT2D eigenvalue weighted by Gasteiger charge is 2.20. The quantitative estimate of drug-likeness (QED) is 0.364. The zero-order chi connectivity index (χ0) is 15.4. The van der Waals surface area contributed by atoms with E-state index in [9.17, 15) is 0 Å². The molecule has 118 valence electrons. The van der Waals surface area contributed by atoms with Gasteiger partial charge in [0.1, 0.15) is 16.7 Å². The van der Waals surface area contributed by atoms with Gasteiger partial charge < -0.3 is 10.1 Å². The molecule has 1 fully saturated rings. The molecule has 0 unspecified atom stereocenters. The molecule has 21 heavy (non-hydrogen) atoms. The topological polar surface area (TPSA) is 21.3 Å². The van der Waals surface area contributed by atoms with Gasteiger partial charge in [-0.2, -0.15) is 0 Å². The van der Waals surface area contributed by atoms with Crippen LogP contribution in [0.15, 0.2) is 0 Å². The second-order valence-corrected chi connectivity index (χ2v) is 6.93. The maximum absolute atomic E-state index is 6.10. The molecule has 1 aromatic rings. The highest BCUT2D eigenvalue weighted by atomic mass is 35.5. The van der Waals surface area contributed by atoms with Crippen LogP contribution in [0.5, 0.6) is 5.75 Å². The van der Waals surface area contributed by atoms with Crippen molar-refractivity contribution in [1.29, 1.82) is 0 Å². The molecular weight excluding hydrogens is 375 g/mol. The van der Waals surface area contributed by atoms with Gasteiger partial charge in [-0.15, -0.1) is 0 Å². The maximum Gasteiger partial charge on any atom is 0.159 e. The van der Waals surface area contributed by atoms with Crippen molar-refractivity contribution < 1.29 is 4.74 Å². The van der Waals surface area contributed by atoms with E-state index in [0.29, 0.717) is 12.6 Å². The van der Waals surface area contributed by atoms with Crippen LogP contribution in [0.25, 0.3) is 0 Å². The van der Waals surface area contributed by atoms with Gasteiger partial charge in [0, 0.05) is 12.6 Å². The van der Waals surface area contributed by atoms with Crippen molar-refractivity contribution >= 4 is 58.0 Å². The van der Waals surface area contributed by atoms with E-state index in [1.165, 1.54) is 32.1 Å². The first-order chi connectivity index (χ1) is 10.0. The Labute approximate surface area is 150 Å². The summed E-state index contributed by atoms with van der Waals surface area (Å²) in [7, 11) is 0. The first-order valence-corrected chi connectivity index (χ1v) is 8.79. The summed E-state index contributed by atoms with van der Waals surface area (Å²) in [5, 5.41) is 4.30. The van der Waals surface area contributed by atoms with Gasteiger partial charge in [0.25, 0.3) is 0 Å². The minimum absolute atomic E-state index is 0.140. The van der Waals surface area contributed by atoms with Crippen molar-refractivity contribution in [3.8, 4) is 5.75 Å². The molecule has 1 aliphatic rings. The normalized spacial score (nSPS) is 16.2. The van der Waals surface area contributed by atoms with Crippen molar-refractivity contribution in [2.24, 2.45) is 0 Å². The number of halogens is 5. The molecule has 2 rings (SSSR count). The smallest absolute Gasteiger partial charge is 0.159 e. The van der Waals surface area contributed by atoms with Gasteiger partial charge in [-0.05, 0) is 12.8 Å². The number of hydrogen-bond acceptors (Lipinski definition) is 2. The number of ether oxygens (including phenoxy) is 1. The van der Waals surface area contributed by atoms with E-state index in [0.717, 1.165) is 6.54 Å². The minimum atomic E-state index is 0.140.